The number of fused-ring (bicyclic) bond motifs is 1. The van der Waals surface area contributed by atoms with Crippen molar-refractivity contribution >= 4 is 5.97 Å². The molecule has 1 heterocycles. The second-order valence-electron chi connectivity index (χ2n) is 6.07. The molecule has 2 aromatic rings. The first-order valence-corrected chi connectivity index (χ1v) is 8.04. The smallest absolute Gasteiger partial charge is 0.339 e. The molecule has 2 aliphatic rings. The molecule has 0 radical (unpaired) electrons. The molecule has 0 spiro atoms. The highest BCUT2D eigenvalue weighted by molar-refractivity contribution is 5.94. The average Bonchev–Trinajstić information content (AvgIpc) is 2.95. The first kappa shape index (κ1) is 14.3. The Kier molecular flexibility index (Phi) is 3.75. The third-order valence-corrected chi connectivity index (χ3v) is 4.60. The molecule has 0 aromatic heterocycles. The fourth-order valence-corrected chi connectivity index (χ4v) is 3.08. The molecular weight excluding hydrogens is 290 g/mol. The fourth-order valence-electron chi connectivity index (χ4n) is 3.08. The van der Waals surface area contributed by atoms with Gasteiger partial charge in [-0.3, -0.25) is 0 Å². The van der Waals surface area contributed by atoms with Gasteiger partial charge in [0.2, 0.25) is 0 Å². The minimum atomic E-state index is -0.252. The minimum Gasteiger partial charge on any atom is -0.488 e. The summed E-state index contributed by atoms with van der Waals surface area (Å²) in [6.45, 7) is 1.17. The van der Waals surface area contributed by atoms with E-state index in [1.165, 1.54) is 5.56 Å². The number of hydrogen-bond acceptors (Lipinski definition) is 4. The standard InChI is InChI=1S/C19H19NO3/c21-19-14-7-4-8-17(15(14)12-22-19)23-18-10-9-16(18)20-11-13-5-2-1-3-6-13/h1-8,16,18,20H,9-12H2/t16-,18-/m0/s1. The maximum atomic E-state index is 11.6. The summed E-state index contributed by atoms with van der Waals surface area (Å²) in [6.07, 6.45) is 2.30. The van der Waals surface area contributed by atoms with E-state index in [9.17, 15) is 4.79 Å². The van der Waals surface area contributed by atoms with Gasteiger partial charge < -0.3 is 14.8 Å². The lowest BCUT2D eigenvalue weighted by Crippen LogP contribution is -2.50. The number of carbonyl (C=O) groups excluding carboxylic acids is 1. The minimum absolute atomic E-state index is 0.154. The Bertz CT molecular complexity index is 714. The van der Waals surface area contributed by atoms with Crippen LogP contribution >= 0.6 is 0 Å². The van der Waals surface area contributed by atoms with Gasteiger partial charge in [-0.15, -0.1) is 0 Å². The fraction of sp³-hybridized carbons (Fsp3) is 0.316. The SMILES string of the molecule is O=C1OCc2c(O[C@H]3CC[C@@H]3NCc3ccccc3)cccc21. The molecule has 118 valence electrons. The topological polar surface area (TPSA) is 47.6 Å². The molecule has 1 aliphatic carbocycles. The van der Waals surface area contributed by atoms with Crippen LogP contribution in [0.15, 0.2) is 48.5 Å². The van der Waals surface area contributed by atoms with Crippen molar-refractivity contribution in [2.24, 2.45) is 0 Å². The summed E-state index contributed by atoms with van der Waals surface area (Å²) in [4.78, 5) is 11.6. The highest BCUT2D eigenvalue weighted by atomic mass is 16.5. The van der Waals surface area contributed by atoms with E-state index < -0.39 is 0 Å². The highest BCUT2D eigenvalue weighted by Gasteiger charge is 2.34. The van der Waals surface area contributed by atoms with Crippen molar-refractivity contribution < 1.29 is 14.3 Å². The van der Waals surface area contributed by atoms with Gasteiger partial charge >= 0.3 is 5.97 Å². The number of benzene rings is 2. The molecule has 2 atom stereocenters. The van der Waals surface area contributed by atoms with Crippen LogP contribution in [0.25, 0.3) is 0 Å². The summed E-state index contributed by atoms with van der Waals surface area (Å²) in [5.41, 5.74) is 2.79. The summed E-state index contributed by atoms with van der Waals surface area (Å²) in [7, 11) is 0. The number of cyclic esters (lactones) is 1. The zero-order valence-corrected chi connectivity index (χ0v) is 12.8. The predicted molar refractivity (Wildman–Crippen MR) is 86.3 cm³/mol. The van der Waals surface area contributed by atoms with Gasteiger partial charge in [-0.05, 0) is 30.5 Å². The van der Waals surface area contributed by atoms with Crippen LogP contribution in [-0.2, 0) is 17.9 Å². The third kappa shape index (κ3) is 2.82. The summed E-state index contributed by atoms with van der Waals surface area (Å²) in [6, 6.07) is 16.3. The van der Waals surface area contributed by atoms with Crippen molar-refractivity contribution in [3.8, 4) is 5.75 Å². The monoisotopic (exact) mass is 309 g/mol. The van der Waals surface area contributed by atoms with Crippen LogP contribution in [0.2, 0.25) is 0 Å². The lowest BCUT2D eigenvalue weighted by atomic mass is 9.88. The zero-order valence-electron chi connectivity index (χ0n) is 12.8. The Labute approximate surface area is 135 Å². The van der Waals surface area contributed by atoms with E-state index in [4.69, 9.17) is 9.47 Å². The number of ether oxygens (including phenoxy) is 2. The molecule has 0 amide bonds. The molecule has 1 N–H and O–H groups in total. The molecule has 0 bridgehead atoms. The van der Waals surface area contributed by atoms with Gasteiger partial charge in [0.05, 0.1) is 5.56 Å². The summed E-state index contributed by atoms with van der Waals surface area (Å²) >= 11 is 0. The van der Waals surface area contributed by atoms with Crippen molar-refractivity contribution in [3.05, 3.63) is 65.2 Å². The molecule has 4 heteroatoms. The van der Waals surface area contributed by atoms with Crippen molar-refractivity contribution in [2.75, 3.05) is 0 Å². The van der Waals surface area contributed by atoms with Crippen LogP contribution < -0.4 is 10.1 Å². The van der Waals surface area contributed by atoms with E-state index in [0.717, 1.165) is 30.7 Å². The van der Waals surface area contributed by atoms with Crippen molar-refractivity contribution in [2.45, 2.75) is 38.1 Å². The van der Waals surface area contributed by atoms with Gasteiger partial charge in [-0.2, -0.15) is 0 Å². The molecule has 0 saturated heterocycles. The zero-order chi connectivity index (χ0) is 15.6. The van der Waals surface area contributed by atoms with E-state index >= 15 is 0 Å². The first-order chi connectivity index (χ1) is 11.3. The largest absolute Gasteiger partial charge is 0.488 e. The molecule has 23 heavy (non-hydrogen) atoms. The maximum Gasteiger partial charge on any atom is 0.339 e. The first-order valence-electron chi connectivity index (χ1n) is 8.04. The van der Waals surface area contributed by atoms with E-state index in [2.05, 4.69) is 29.6 Å². The number of hydrogen-bond donors (Lipinski definition) is 1. The van der Waals surface area contributed by atoms with Crippen molar-refractivity contribution in [1.82, 2.24) is 5.32 Å². The lowest BCUT2D eigenvalue weighted by Gasteiger charge is -2.37. The second kappa shape index (κ2) is 6.05. The number of nitrogens with one attached hydrogen (secondary N) is 1. The Morgan fingerprint density at radius 1 is 1.09 bits per heavy atom. The molecule has 0 unspecified atom stereocenters. The number of esters is 1. The van der Waals surface area contributed by atoms with Gasteiger partial charge in [-0.1, -0.05) is 36.4 Å². The third-order valence-electron chi connectivity index (χ3n) is 4.60. The summed E-state index contributed by atoms with van der Waals surface area (Å²) < 4.78 is 11.2. The van der Waals surface area contributed by atoms with Crippen molar-refractivity contribution in [3.63, 3.8) is 0 Å². The quantitative estimate of drug-likeness (QED) is 0.862. The van der Waals surface area contributed by atoms with Crippen LogP contribution in [0.5, 0.6) is 5.75 Å². The molecule has 4 nitrogen and oxygen atoms in total. The summed E-state index contributed by atoms with van der Waals surface area (Å²) in [5, 5.41) is 3.56. The van der Waals surface area contributed by atoms with Crippen LogP contribution in [0, 0.1) is 0 Å². The second-order valence-corrected chi connectivity index (χ2v) is 6.07. The Balaban J connectivity index is 1.39. The number of carbonyl (C=O) groups is 1. The van der Waals surface area contributed by atoms with Gasteiger partial charge in [0.1, 0.15) is 18.5 Å². The van der Waals surface area contributed by atoms with Crippen LogP contribution in [0.1, 0.15) is 34.3 Å². The summed E-state index contributed by atoms with van der Waals surface area (Å²) in [5.74, 6) is 0.530. The van der Waals surface area contributed by atoms with Gasteiger partial charge in [0, 0.05) is 18.2 Å². The lowest BCUT2D eigenvalue weighted by molar-refractivity contribution is 0.0524. The molecule has 2 aromatic carbocycles. The molecule has 4 rings (SSSR count). The Hall–Kier alpha value is -2.33. The van der Waals surface area contributed by atoms with E-state index in [1.54, 1.807) is 6.07 Å². The van der Waals surface area contributed by atoms with Gasteiger partial charge in [0.25, 0.3) is 0 Å². The van der Waals surface area contributed by atoms with Gasteiger partial charge in [-0.25, -0.2) is 4.79 Å². The van der Waals surface area contributed by atoms with E-state index in [0.29, 0.717) is 18.2 Å². The number of rotatable bonds is 5. The maximum absolute atomic E-state index is 11.6. The van der Waals surface area contributed by atoms with Crippen LogP contribution in [0.3, 0.4) is 0 Å². The molecule has 1 fully saturated rings. The van der Waals surface area contributed by atoms with Crippen LogP contribution in [-0.4, -0.2) is 18.1 Å². The van der Waals surface area contributed by atoms with E-state index in [-0.39, 0.29) is 12.1 Å². The predicted octanol–water partition coefficient (Wildman–Crippen LogP) is 3.06. The van der Waals surface area contributed by atoms with E-state index in [1.807, 2.05) is 18.2 Å². The molecule has 1 saturated carbocycles. The Morgan fingerprint density at radius 2 is 1.96 bits per heavy atom. The Morgan fingerprint density at radius 3 is 2.74 bits per heavy atom. The normalized spacial score (nSPS) is 22.2. The van der Waals surface area contributed by atoms with Gasteiger partial charge in [0.15, 0.2) is 0 Å². The van der Waals surface area contributed by atoms with Crippen LogP contribution in [0.4, 0.5) is 0 Å². The average molecular weight is 309 g/mol. The molecule has 1 aliphatic heterocycles. The molecular formula is C19H19NO3. The highest BCUT2D eigenvalue weighted by Crippen LogP contribution is 2.33. The van der Waals surface area contributed by atoms with Crippen molar-refractivity contribution in [1.29, 1.82) is 0 Å².